The summed E-state index contributed by atoms with van der Waals surface area (Å²) in [6.45, 7) is 3.86. The number of likely N-dealkylation sites (tertiary alicyclic amines) is 2. The lowest BCUT2D eigenvalue weighted by Crippen LogP contribution is -2.60. The molecule has 10 atom stereocenters. The number of nitrogens with zero attached hydrogens (tertiary/aromatic N) is 3. The van der Waals surface area contributed by atoms with Crippen molar-refractivity contribution in [3.05, 3.63) is 71.8 Å². The first-order valence-corrected chi connectivity index (χ1v) is 33.6. The quantitative estimate of drug-likeness (QED) is 0.0173. The van der Waals surface area contributed by atoms with Gasteiger partial charge in [0.15, 0.2) is 5.96 Å². The molecule has 2 aromatic rings. The largest absolute Gasteiger partial charge is 0.370 e. The van der Waals surface area contributed by atoms with Crippen LogP contribution < -0.4 is 82.7 Å². The Morgan fingerprint density at radius 3 is 1.51 bits per heavy atom. The van der Waals surface area contributed by atoms with Gasteiger partial charge in [-0.2, -0.15) is 11.8 Å². The summed E-state index contributed by atoms with van der Waals surface area (Å²) in [5.41, 5.74) is 40.6. The van der Waals surface area contributed by atoms with E-state index in [0.717, 1.165) is 0 Å². The fraction of sp³-hybridized carbons (Fsp3) is 0.587. The number of carbonyl (C=O) groups is 13. The number of carbonyl (C=O) groups excluding carboxylic acids is 13. The molecule has 0 bridgehead atoms. The molecule has 2 heterocycles. The second kappa shape index (κ2) is 41.0. The normalized spacial score (nSPS) is 16.8. The topological polar surface area (TPSA) is 519 Å². The fourth-order valence-corrected chi connectivity index (χ4v) is 11.5. The van der Waals surface area contributed by atoms with Gasteiger partial charge < -0.3 is 92.5 Å². The number of hydrogen-bond donors (Lipinski definition) is 15. The summed E-state index contributed by atoms with van der Waals surface area (Å²) in [5.74, 6) is -9.80. The second-order valence-electron chi connectivity index (χ2n) is 24.1. The fourth-order valence-electron chi connectivity index (χ4n) is 11.0. The number of amides is 13. The zero-order chi connectivity index (χ0) is 70.1. The molecule has 0 aliphatic carbocycles. The molecule has 22 N–H and O–H groups in total. The van der Waals surface area contributed by atoms with Crippen molar-refractivity contribution >= 4 is 94.5 Å². The summed E-state index contributed by atoms with van der Waals surface area (Å²) < 4.78 is 0. The van der Waals surface area contributed by atoms with Crippen LogP contribution in [0.15, 0.2) is 65.7 Å². The highest BCUT2D eigenvalue weighted by Crippen LogP contribution is 2.24. The Morgan fingerprint density at radius 1 is 0.537 bits per heavy atom. The van der Waals surface area contributed by atoms with Crippen LogP contribution in [0, 0.1) is 5.92 Å². The molecule has 0 aromatic heterocycles. The van der Waals surface area contributed by atoms with E-state index in [2.05, 4.69) is 47.5 Å². The van der Waals surface area contributed by atoms with Crippen molar-refractivity contribution in [2.24, 2.45) is 51.0 Å². The maximum Gasteiger partial charge on any atom is 0.245 e. The Kier molecular flexibility index (Phi) is 33.9. The van der Waals surface area contributed by atoms with Crippen LogP contribution in [0.1, 0.15) is 121 Å². The first-order chi connectivity index (χ1) is 45.2. The third kappa shape index (κ3) is 27.5. The Hall–Kier alpha value is -8.91. The van der Waals surface area contributed by atoms with Gasteiger partial charge in [-0.05, 0) is 119 Å². The Balaban J connectivity index is 1.56. The Morgan fingerprint density at radius 2 is 1.01 bits per heavy atom. The van der Waals surface area contributed by atoms with Gasteiger partial charge in [0.1, 0.15) is 54.4 Å². The third-order valence-electron chi connectivity index (χ3n) is 16.0. The number of thioether (sulfide) groups is 1. The van der Waals surface area contributed by atoms with Crippen LogP contribution in [0.5, 0.6) is 0 Å². The molecule has 2 aliphatic heterocycles. The van der Waals surface area contributed by atoms with Crippen LogP contribution in [0.2, 0.25) is 0 Å². The lowest BCUT2D eigenvalue weighted by Gasteiger charge is -2.32. The van der Waals surface area contributed by atoms with Gasteiger partial charge in [-0.3, -0.25) is 67.3 Å². The Labute approximate surface area is 558 Å². The van der Waals surface area contributed by atoms with E-state index < -0.39 is 169 Å². The highest BCUT2D eigenvalue weighted by molar-refractivity contribution is 7.98. The van der Waals surface area contributed by atoms with E-state index in [1.54, 1.807) is 60.7 Å². The van der Waals surface area contributed by atoms with Gasteiger partial charge in [-0.15, -0.1) is 0 Å². The molecular formula is C63H98N18O13S. The molecule has 95 heavy (non-hydrogen) atoms. The molecule has 31 nitrogen and oxygen atoms in total. The number of rotatable bonds is 42. The summed E-state index contributed by atoms with van der Waals surface area (Å²) in [6, 6.07) is 4.51. The summed E-state index contributed by atoms with van der Waals surface area (Å²) in [6.07, 6.45) is 3.12. The monoisotopic (exact) mass is 1350 g/mol. The number of primary amides is 3. The molecule has 32 heteroatoms. The highest BCUT2D eigenvalue weighted by Gasteiger charge is 2.42. The van der Waals surface area contributed by atoms with Crippen LogP contribution in [0.4, 0.5) is 0 Å². The molecule has 2 aliphatic rings. The van der Waals surface area contributed by atoms with Crippen molar-refractivity contribution in [2.45, 2.75) is 183 Å². The molecule has 524 valence electrons. The molecule has 0 unspecified atom stereocenters. The zero-order valence-electron chi connectivity index (χ0n) is 54.5. The van der Waals surface area contributed by atoms with Gasteiger partial charge in [-0.1, -0.05) is 74.5 Å². The number of unbranched alkanes of at least 4 members (excludes halogenated alkanes) is 1. The molecule has 4 rings (SSSR count). The summed E-state index contributed by atoms with van der Waals surface area (Å²) in [4.78, 5) is 185. The molecule has 2 fully saturated rings. The van der Waals surface area contributed by atoms with Gasteiger partial charge in [-0.25, -0.2) is 0 Å². The molecule has 13 amide bonds. The van der Waals surface area contributed by atoms with Gasteiger partial charge in [0, 0.05) is 45.3 Å². The minimum Gasteiger partial charge on any atom is -0.370 e. The van der Waals surface area contributed by atoms with E-state index in [0.29, 0.717) is 55.4 Å². The first-order valence-electron chi connectivity index (χ1n) is 32.2. The molecular weight excluding hydrogens is 1250 g/mol. The predicted molar refractivity (Wildman–Crippen MR) is 356 cm³/mol. The van der Waals surface area contributed by atoms with Gasteiger partial charge >= 0.3 is 0 Å². The molecule has 2 aromatic carbocycles. The zero-order valence-corrected chi connectivity index (χ0v) is 55.3. The van der Waals surface area contributed by atoms with Crippen LogP contribution >= 0.6 is 11.8 Å². The maximum atomic E-state index is 14.7. The number of benzene rings is 2. The molecule has 0 radical (unpaired) electrons. The lowest BCUT2D eigenvalue weighted by molar-refractivity contribution is -0.144. The third-order valence-corrected chi connectivity index (χ3v) is 16.7. The van der Waals surface area contributed by atoms with Crippen LogP contribution in [0.25, 0.3) is 0 Å². The molecule has 0 saturated carbocycles. The van der Waals surface area contributed by atoms with Gasteiger partial charge in [0.25, 0.3) is 0 Å². The average molecular weight is 1350 g/mol. The second-order valence-corrected chi connectivity index (χ2v) is 25.1. The van der Waals surface area contributed by atoms with Crippen LogP contribution in [0.3, 0.4) is 0 Å². The number of nitrogens with one attached hydrogen (secondary N) is 8. The number of hydrogen-bond acceptors (Lipinski definition) is 17. The summed E-state index contributed by atoms with van der Waals surface area (Å²) in [5, 5.41) is 21.1. The van der Waals surface area contributed by atoms with Crippen LogP contribution in [-0.4, -0.2) is 198 Å². The summed E-state index contributed by atoms with van der Waals surface area (Å²) >= 11 is 1.45. The number of aliphatic imine (C=N–C) groups is 1. The van der Waals surface area contributed by atoms with Crippen molar-refractivity contribution in [1.29, 1.82) is 0 Å². The molecule has 2 saturated heterocycles. The van der Waals surface area contributed by atoms with Crippen molar-refractivity contribution in [2.75, 3.05) is 44.7 Å². The summed E-state index contributed by atoms with van der Waals surface area (Å²) in [7, 11) is 0. The van der Waals surface area contributed by atoms with Gasteiger partial charge in [0.05, 0.1) is 12.6 Å². The first kappa shape index (κ1) is 78.5. The predicted octanol–water partition coefficient (Wildman–Crippen LogP) is -3.71. The minimum absolute atomic E-state index is 0.0736. The maximum absolute atomic E-state index is 14.7. The highest BCUT2D eigenvalue weighted by atomic mass is 32.2. The van der Waals surface area contributed by atoms with E-state index in [4.69, 9.17) is 40.1 Å². The van der Waals surface area contributed by atoms with E-state index in [1.165, 1.54) is 21.6 Å². The van der Waals surface area contributed by atoms with Gasteiger partial charge in [0.2, 0.25) is 76.8 Å². The number of nitrogens with two attached hydrogens (primary N) is 7. The minimum atomic E-state index is -1.64. The standard InChI is InChI=1S/C63H98N18O13S/c1-37(2)33-45(57(89)74-41(53(68)85)27-32-95-3)73-52(84)36-72-54(86)46(34-38-15-6-4-7-16-38)78-58(90)47(35-39-17-8-5-9-18-39)79-56(88)42(23-25-50(66)82)75-55(87)43(24-26-51(67)83)76-59(91)49-22-14-31-81(49)62(94)44(20-10-11-28-64)77-60(92)48-21-13-30-80(48)61(93)40(65)19-12-29-71-63(69)70/h4-9,15-18,37,40-49H,10-14,19-36,64-65H2,1-3H3,(H2,66,82)(H2,67,83)(H2,68,85)(H,72,86)(H,73,84)(H,74,89)(H,75,87)(H,76,91)(H,77,92)(H,78,90)(H,79,88)(H4,69,70,71)/t40-,41-,42-,43-,44-,45-,46+,47+,48-,49-/m0/s1. The SMILES string of the molecule is CSCC[C@H](NC(=O)[C@H](CC(C)C)NC(=O)CNC(=O)[C@@H](Cc1ccccc1)NC(=O)[C@@H](Cc1ccccc1)NC(=O)[C@H](CCC(N)=O)NC(=O)[C@H](CCC(N)=O)NC(=O)[C@@H]1CCCN1C(=O)[C@H](CCCCN)NC(=O)[C@@H]1CCCN1C(=O)[C@@H](N)CCCN=C(N)N)C(N)=O. The van der Waals surface area contributed by atoms with E-state index in [9.17, 15) is 62.3 Å². The van der Waals surface area contributed by atoms with E-state index in [1.807, 2.05) is 20.1 Å². The smallest absolute Gasteiger partial charge is 0.245 e. The number of guanidine groups is 1. The average Bonchev–Trinajstić information content (AvgIpc) is 1.74. The van der Waals surface area contributed by atoms with Crippen LogP contribution in [-0.2, 0) is 75.2 Å². The lowest BCUT2D eigenvalue weighted by atomic mass is 10.0. The molecule has 0 spiro atoms. The van der Waals surface area contributed by atoms with E-state index >= 15 is 0 Å². The van der Waals surface area contributed by atoms with Crippen molar-refractivity contribution in [3.8, 4) is 0 Å². The van der Waals surface area contributed by atoms with Crippen molar-refractivity contribution in [3.63, 3.8) is 0 Å². The van der Waals surface area contributed by atoms with Crippen molar-refractivity contribution < 1.29 is 62.3 Å². The van der Waals surface area contributed by atoms with E-state index in [-0.39, 0.29) is 83.0 Å². The Bertz CT molecular complexity index is 2960. The van der Waals surface area contributed by atoms with Crippen molar-refractivity contribution in [1.82, 2.24) is 52.3 Å².